The van der Waals surface area contributed by atoms with Crippen molar-refractivity contribution >= 4 is 27.7 Å². The quantitative estimate of drug-likeness (QED) is 0.826. The SMILES string of the molecule is NC(CSc1ccc(F)cc1)c1cc(Br)ccc1F. The molecule has 2 aromatic rings. The Kier molecular flexibility index (Phi) is 4.96. The van der Waals surface area contributed by atoms with E-state index in [4.69, 9.17) is 5.73 Å². The van der Waals surface area contributed by atoms with Crippen LogP contribution in [0.15, 0.2) is 51.8 Å². The summed E-state index contributed by atoms with van der Waals surface area (Å²) >= 11 is 4.77. The first-order valence-electron chi connectivity index (χ1n) is 5.65. The first kappa shape index (κ1) is 14.5. The molecule has 0 bridgehead atoms. The molecule has 0 saturated heterocycles. The Morgan fingerprint density at radius 2 is 1.79 bits per heavy atom. The molecule has 19 heavy (non-hydrogen) atoms. The van der Waals surface area contributed by atoms with E-state index in [1.165, 1.54) is 30.0 Å². The predicted octanol–water partition coefficient (Wildman–Crippen LogP) is 4.52. The number of rotatable bonds is 4. The molecule has 0 aliphatic carbocycles. The summed E-state index contributed by atoms with van der Waals surface area (Å²) in [6.45, 7) is 0. The van der Waals surface area contributed by atoms with Crippen molar-refractivity contribution in [2.45, 2.75) is 10.9 Å². The Balaban J connectivity index is 2.03. The fourth-order valence-corrected chi connectivity index (χ4v) is 2.86. The molecule has 0 spiro atoms. The average molecular weight is 344 g/mol. The molecular formula is C14H12BrF2NS. The van der Waals surface area contributed by atoms with Crippen molar-refractivity contribution in [3.05, 3.63) is 64.1 Å². The summed E-state index contributed by atoms with van der Waals surface area (Å²) in [4.78, 5) is 0.909. The van der Waals surface area contributed by atoms with Crippen LogP contribution in [0.3, 0.4) is 0 Å². The highest BCUT2D eigenvalue weighted by atomic mass is 79.9. The van der Waals surface area contributed by atoms with Gasteiger partial charge in [-0.15, -0.1) is 11.8 Å². The lowest BCUT2D eigenvalue weighted by Crippen LogP contribution is -2.14. The van der Waals surface area contributed by atoms with Crippen LogP contribution in [0.4, 0.5) is 8.78 Å². The molecule has 2 aromatic carbocycles. The van der Waals surface area contributed by atoms with Gasteiger partial charge in [0.25, 0.3) is 0 Å². The maximum absolute atomic E-state index is 13.6. The Labute approximate surface area is 123 Å². The van der Waals surface area contributed by atoms with E-state index in [2.05, 4.69) is 15.9 Å². The third kappa shape index (κ3) is 4.03. The lowest BCUT2D eigenvalue weighted by atomic mass is 10.1. The van der Waals surface area contributed by atoms with Gasteiger partial charge in [0.1, 0.15) is 11.6 Å². The Hall–Kier alpha value is -0.910. The monoisotopic (exact) mass is 343 g/mol. The van der Waals surface area contributed by atoms with E-state index in [0.29, 0.717) is 11.3 Å². The minimum atomic E-state index is -0.410. The van der Waals surface area contributed by atoms with Gasteiger partial charge >= 0.3 is 0 Å². The second kappa shape index (κ2) is 6.50. The molecular weight excluding hydrogens is 332 g/mol. The van der Waals surface area contributed by atoms with Crippen LogP contribution >= 0.6 is 27.7 Å². The van der Waals surface area contributed by atoms with Gasteiger partial charge in [0.05, 0.1) is 0 Å². The highest BCUT2D eigenvalue weighted by Gasteiger charge is 2.12. The topological polar surface area (TPSA) is 26.0 Å². The highest BCUT2D eigenvalue weighted by Crippen LogP contribution is 2.26. The molecule has 0 aliphatic rings. The van der Waals surface area contributed by atoms with Gasteiger partial charge in [-0.25, -0.2) is 8.78 Å². The fraction of sp³-hybridized carbons (Fsp3) is 0.143. The normalized spacial score (nSPS) is 12.4. The van der Waals surface area contributed by atoms with Crippen LogP contribution < -0.4 is 5.73 Å². The largest absolute Gasteiger partial charge is 0.323 e. The molecule has 0 aromatic heterocycles. The maximum atomic E-state index is 13.6. The van der Waals surface area contributed by atoms with Crippen molar-refractivity contribution in [2.24, 2.45) is 5.73 Å². The molecule has 1 unspecified atom stereocenters. The van der Waals surface area contributed by atoms with Gasteiger partial charge in [-0.05, 0) is 42.5 Å². The van der Waals surface area contributed by atoms with Crippen LogP contribution in [-0.2, 0) is 0 Å². The fourth-order valence-electron chi connectivity index (χ4n) is 1.61. The molecule has 0 heterocycles. The zero-order chi connectivity index (χ0) is 13.8. The molecule has 0 aliphatic heterocycles. The molecule has 2 N–H and O–H groups in total. The number of hydrogen-bond acceptors (Lipinski definition) is 2. The predicted molar refractivity (Wildman–Crippen MR) is 78.2 cm³/mol. The van der Waals surface area contributed by atoms with E-state index in [0.717, 1.165) is 9.37 Å². The third-order valence-electron chi connectivity index (χ3n) is 2.60. The standard InChI is InChI=1S/C14H12BrF2NS/c15-9-1-6-13(17)12(7-9)14(18)8-19-11-4-2-10(16)3-5-11/h1-7,14H,8,18H2. The van der Waals surface area contributed by atoms with Gasteiger partial charge in [0.15, 0.2) is 0 Å². The summed E-state index contributed by atoms with van der Waals surface area (Å²) in [5.74, 6) is -0.0546. The Morgan fingerprint density at radius 1 is 1.11 bits per heavy atom. The summed E-state index contributed by atoms with van der Waals surface area (Å²) in [6.07, 6.45) is 0. The van der Waals surface area contributed by atoms with Crippen LogP contribution in [0.1, 0.15) is 11.6 Å². The van der Waals surface area contributed by atoms with Gasteiger partial charge in [0.2, 0.25) is 0 Å². The van der Waals surface area contributed by atoms with E-state index in [-0.39, 0.29) is 11.6 Å². The summed E-state index contributed by atoms with van der Waals surface area (Å²) in [5.41, 5.74) is 6.46. The molecule has 100 valence electrons. The van der Waals surface area contributed by atoms with Crippen molar-refractivity contribution in [1.29, 1.82) is 0 Å². The van der Waals surface area contributed by atoms with Crippen LogP contribution in [0.2, 0.25) is 0 Å². The van der Waals surface area contributed by atoms with E-state index >= 15 is 0 Å². The Bertz CT molecular complexity index is 560. The smallest absolute Gasteiger partial charge is 0.128 e. The zero-order valence-electron chi connectivity index (χ0n) is 9.95. The lowest BCUT2D eigenvalue weighted by Gasteiger charge is -2.13. The van der Waals surface area contributed by atoms with Crippen molar-refractivity contribution < 1.29 is 8.78 Å². The van der Waals surface area contributed by atoms with Gasteiger partial charge in [-0.1, -0.05) is 15.9 Å². The first-order valence-corrected chi connectivity index (χ1v) is 7.43. The van der Waals surface area contributed by atoms with E-state index in [9.17, 15) is 8.78 Å². The molecule has 0 saturated carbocycles. The molecule has 0 radical (unpaired) electrons. The molecule has 0 amide bonds. The van der Waals surface area contributed by atoms with Crippen molar-refractivity contribution in [3.63, 3.8) is 0 Å². The van der Waals surface area contributed by atoms with E-state index in [1.807, 2.05) is 0 Å². The van der Waals surface area contributed by atoms with Crippen molar-refractivity contribution in [2.75, 3.05) is 5.75 Å². The second-order valence-electron chi connectivity index (χ2n) is 4.04. The summed E-state index contributed by atoms with van der Waals surface area (Å²) < 4.78 is 27.2. The lowest BCUT2D eigenvalue weighted by molar-refractivity contribution is 0.595. The Morgan fingerprint density at radius 3 is 2.47 bits per heavy atom. The second-order valence-corrected chi connectivity index (χ2v) is 6.05. The number of hydrogen-bond donors (Lipinski definition) is 1. The van der Waals surface area contributed by atoms with Crippen molar-refractivity contribution in [3.8, 4) is 0 Å². The molecule has 1 atom stereocenters. The molecule has 0 fully saturated rings. The third-order valence-corrected chi connectivity index (χ3v) is 4.23. The number of halogens is 3. The van der Waals surface area contributed by atoms with Crippen LogP contribution in [0.25, 0.3) is 0 Å². The van der Waals surface area contributed by atoms with Crippen LogP contribution in [-0.4, -0.2) is 5.75 Å². The number of thioether (sulfide) groups is 1. The van der Waals surface area contributed by atoms with Gasteiger partial charge in [-0.2, -0.15) is 0 Å². The van der Waals surface area contributed by atoms with Gasteiger partial charge in [-0.3, -0.25) is 0 Å². The molecule has 5 heteroatoms. The van der Waals surface area contributed by atoms with Crippen LogP contribution in [0, 0.1) is 11.6 Å². The zero-order valence-corrected chi connectivity index (χ0v) is 12.3. The summed E-state index contributed by atoms with van der Waals surface area (Å²) in [5, 5.41) is 0. The average Bonchev–Trinajstić information content (AvgIpc) is 2.40. The summed E-state index contributed by atoms with van der Waals surface area (Å²) in [7, 11) is 0. The first-order chi connectivity index (χ1) is 9.06. The number of nitrogens with two attached hydrogens (primary N) is 1. The van der Waals surface area contributed by atoms with E-state index < -0.39 is 6.04 Å². The summed E-state index contributed by atoms with van der Waals surface area (Å²) in [6, 6.07) is 10.5. The minimum Gasteiger partial charge on any atom is -0.323 e. The molecule has 2 rings (SSSR count). The minimum absolute atomic E-state index is 0.272. The molecule has 1 nitrogen and oxygen atoms in total. The highest BCUT2D eigenvalue weighted by molar-refractivity contribution is 9.10. The van der Waals surface area contributed by atoms with Gasteiger partial charge in [0, 0.05) is 26.7 Å². The maximum Gasteiger partial charge on any atom is 0.128 e. The number of benzene rings is 2. The van der Waals surface area contributed by atoms with Crippen LogP contribution in [0.5, 0.6) is 0 Å². The van der Waals surface area contributed by atoms with Gasteiger partial charge < -0.3 is 5.73 Å². The van der Waals surface area contributed by atoms with Crippen molar-refractivity contribution in [1.82, 2.24) is 0 Å². The van der Waals surface area contributed by atoms with E-state index in [1.54, 1.807) is 24.3 Å².